The summed E-state index contributed by atoms with van der Waals surface area (Å²) in [5.74, 6) is 0.168. The van der Waals surface area contributed by atoms with Crippen LogP contribution in [0, 0.1) is 0 Å². The molecule has 17 heavy (non-hydrogen) atoms. The highest BCUT2D eigenvalue weighted by atomic mass is 79.9. The van der Waals surface area contributed by atoms with Crippen molar-refractivity contribution in [3.8, 4) is 0 Å². The van der Waals surface area contributed by atoms with Gasteiger partial charge in [-0.3, -0.25) is 4.79 Å². The summed E-state index contributed by atoms with van der Waals surface area (Å²) in [5, 5.41) is 0. The Labute approximate surface area is 123 Å². The molecule has 0 unspecified atom stereocenters. The predicted molar refractivity (Wildman–Crippen MR) is 78.7 cm³/mol. The van der Waals surface area contributed by atoms with Crippen molar-refractivity contribution in [1.82, 2.24) is 4.90 Å². The van der Waals surface area contributed by atoms with E-state index in [0.29, 0.717) is 12.1 Å². The lowest BCUT2D eigenvalue weighted by atomic mass is 9.97. The maximum Gasteiger partial charge on any atom is 0.264 e. The van der Waals surface area contributed by atoms with Gasteiger partial charge < -0.3 is 4.90 Å². The SMILES string of the molecule is C[C@@H]1CCC[C@H](C)N1C(=O)c1cc(Br)c(Br)s1. The maximum absolute atomic E-state index is 12.5. The van der Waals surface area contributed by atoms with Gasteiger partial charge in [0, 0.05) is 16.6 Å². The first-order valence-corrected chi connectivity index (χ1v) is 8.18. The lowest BCUT2D eigenvalue weighted by Gasteiger charge is -2.38. The van der Waals surface area contributed by atoms with Crippen molar-refractivity contribution in [3.05, 3.63) is 19.2 Å². The Bertz CT molecular complexity index is 403. The highest BCUT2D eigenvalue weighted by molar-refractivity contribution is 9.13. The Morgan fingerprint density at radius 2 is 1.94 bits per heavy atom. The summed E-state index contributed by atoms with van der Waals surface area (Å²) in [6.07, 6.45) is 3.46. The molecule has 2 rings (SSSR count). The van der Waals surface area contributed by atoms with Crippen molar-refractivity contribution in [2.24, 2.45) is 0 Å². The number of hydrogen-bond donors (Lipinski definition) is 0. The van der Waals surface area contributed by atoms with Crippen LogP contribution in [0.5, 0.6) is 0 Å². The fraction of sp³-hybridized carbons (Fsp3) is 0.583. The van der Waals surface area contributed by atoms with Crippen molar-refractivity contribution in [2.75, 3.05) is 0 Å². The number of carbonyl (C=O) groups excluding carboxylic acids is 1. The van der Waals surface area contributed by atoms with E-state index >= 15 is 0 Å². The molecule has 1 saturated heterocycles. The molecule has 5 heteroatoms. The summed E-state index contributed by atoms with van der Waals surface area (Å²) in [5.41, 5.74) is 0. The van der Waals surface area contributed by atoms with Crippen LogP contribution >= 0.6 is 43.2 Å². The first kappa shape index (κ1) is 13.6. The van der Waals surface area contributed by atoms with Gasteiger partial charge in [0.25, 0.3) is 5.91 Å². The Morgan fingerprint density at radius 1 is 1.35 bits per heavy atom. The molecule has 1 amide bonds. The van der Waals surface area contributed by atoms with Crippen LogP contribution in [0.2, 0.25) is 0 Å². The first-order chi connectivity index (χ1) is 8.00. The highest BCUT2D eigenvalue weighted by Crippen LogP contribution is 2.34. The van der Waals surface area contributed by atoms with Gasteiger partial charge in [-0.2, -0.15) is 0 Å². The zero-order valence-corrected chi connectivity index (χ0v) is 13.9. The average molecular weight is 381 g/mol. The third kappa shape index (κ3) is 2.76. The van der Waals surface area contributed by atoms with Gasteiger partial charge in [-0.15, -0.1) is 11.3 Å². The van der Waals surface area contributed by atoms with Crippen molar-refractivity contribution in [2.45, 2.75) is 45.2 Å². The van der Waals surface area contributed by atoms with Crippen LogP contribution in [-0.2, 0) is 0 Å². The van der Waals surface area contributed by atoms with Crippen LogP contribution in [-0.4, -0.2) is 22.9 Å². The van der Waals surface area contributed by atoms with Gasteiger partial charge in [-0.25, -0.2) is 0 Å². The lowest BCUT2D eigenvalue weighted by molar-refractivity contribution is 0.0516. The number of hydrogen-bond acceptors (Lipinski definition) is 2. The van der Waals surface area contributed by atoms with E-state index in [2.05, 4.69) is 45.7 Å². The molecule has 0 saturated carbocycles. The number of piperidine rings is 1. The molecule has 1 aliphatic heterocycles. The molecule has 0 N–H and O–H groups in total. The van der Waals surface area contributed by atoms with Crippen molar-refractivity contribution in [1.29, 1.82) is 0 Å². The number of amides is 1. The van der Waals surface area contributed by atoms with Gasteiger partial charge in [0.15, 0.2) is 0 Å². The van der Waals surface area contributed by atoms with E-state index < -0.39 is 0 Å². The third-order valence-corrected chi connectivity index (χ3v) is 6.53. The maximum atomic E-state index is 12.5. The topological polar surface area (TPSA) is 20.3 Å². The van der Waals surface area contributed by atoms with Crippen LogP contribution < -0.4 is 0 Å². The number of halogens is 2. The molecule has 2 atom stereocenters. The highest BCUT2D eigenvalue weighted by Gasteiger charge is 2.30. The monoisotopic (exact) mass is 379 g/mol. The average Bonchev–Trinajstić information content (AvgIpc) is 2.59. The number of thiophene rings is 1. The minimum absolute atomic E-state index is 0.168. The standard InChI is InChI=1S/C12H15Br2NOS/c1-7-4-3-5-8(2)15(7)12(16)10-6-9(13)11(14)17-10/h6-8H,3-5H2,1-2H3/t7-,8+. The second-order valence-electron chi connectivity index (χ2n) is 4.57. The Morgan fingerprint density at radius 3 is 2.41 bits per heavy atom. The Balaban J connectivity index is 2.23. The second kappa shape index (κ2) is 5.41. The number of carbonyl (C=O) groups is 1. The Hall–Kier alpha value is 0.130. The molecule has 0 spiro atoms. The van der Waals surface area contributed by atoms with Gasteiger partial charge in [-0.1, -0.05) is 0 Å². The summed E-state index contributed by atoms with van der Waals surface area (Å²) >= 11 is 8.37. The largest absolute Gasteiger partial charge is 0.333 e. The van der Waals surface area contributed by atoms with E-state index in [-0.39, 0.29) is 5.91 Å². The Kier molecular flexibility index (Phi) is 4.31. The van der Waals surface area contributed by atoms with Gasteiger partial charge >= 0.3 is 0 Å². The van der Waals surface area contributed by atoms with E-state index in [0.717, 1.165) is 26.0 Å². The first-order valence-electron chi connectivity index (χ1n) is 5.78. The molecule has 94 valence electrons. The minimum atomic E-state index is 0.168. The normalized spacial score (nSPS) is 25.1. The minimum Gasteiger partial charge on any atom is -0.333 e. The predicted octanol–water partition coefficient (Wildman–Crippen LogP) is 4.68. The van der Waals surface area contributed by atoms with Crippen molar-refractivity contribution >= 4 is 49.1 Å². The molecule has 2 heterocycles. The van der Waals surface area contributed by atoms with Gasteiger partial charge in [0.05, 0.1) is 8.66 Å². The molecular formula is C12H15Br2NOS. The summed E-state index contributed by atoms with van der Waals surface area (Å²) in [7, 11) is 0. The van der Waals surface area contributed by atoms with Gasteiger partial charge in [0.2, 0.25) is 0 Å². The van der Waals surface area contributed by atoms with Crippen LogP contribution in [0.4, 0.5) is 0 Å². The number of nitrogens with zero attached hydrogens (tertiary/aromatic N) is 1. The molecule has 1 aliphatic rings. The third-order valence-electron chi connectivity index (χ3n) is 3.28. The fourth-order valence-electron chi connectivity index (χ4n) is 2.40. The summed E-state index contributed by atoms with van der Waals surface area (Å²) in [4.78, 5) is 15.3. The smallest absolute Gasteiger partial charge is 0.264 e. The second-order valence-corrected chi connectivity index (χ2v) is 7.80. The van der Waals surface area contributed by atoms with Crippen LogP contribution in [0.25, 0.3) is 0 Å². The number of rotatable bonds is 1. The molecule has 2 nitrogen and oxygen atoms in total. The quantitative estimate of drug-likeness (QED) is 0.692. The van der Waals surface area contributed by atoms with Gasteiger partial charge in [-0.05, 0) is 71.0 Å². The van der Waals surface area contributed by atoms with Gasteiger partial charge in [0.1, 0.15) is 0 Å². The van der Waals surface area contributed by atoms with Crippen LogP contribution in [0.15, 0.2) is 14.3 Å². The molecule has 0 aliphatic carbocycles. The fourth-order valence-corrected chi connectivity index (χ4v) is 4.38. The summed E-state index contributed by atoms with van der Waals surface area (Å²) in [6, 6.07) is 2.61. The summed E-state index contributed by atoms with van der Waals surface area (Å²) < 4.78 is 1.95. The molecule has 0 aromatic carbocycles. The molecule has 1 aromatic heterocycles. The van der Waals surface area contributed by atoms with Crippen molar-refractivity contribution < 1.29 is 4.79 Å². The number of likely N-dealkylation sites (tertiary alicyclic amines) is 1. The zero-order chi connectivity index (χ0) is 12.6. The van der Waals surface area contributed by atoms with Crippen LogP contribution in [0.1, 0.15) is 42.8 Å². The lowest BCUT2D eigenvalue weighted by Crippen LogP contribution is -2.47. The molecule has 0 radical (unpaired) electrons. The van der Waals surface area contributed by atoms with Crippen LogP contribution in [0.3, 0.4) is 0 Å². The van der Waals surface area contributed by atoms with E-state index in [1.165, 1.54) is 17.8 Å². The van der Waals surface area contributed by atoms with E-state index in [1.54, 1.807) is 0 Å². The van der Waals surface area contributed by atoms with E-state index in [9.17, 15) is 4.79 Å². The summed E-state index contributed by atoms with van der Waals surface area (Å²) in [6.45, 7) is 4.29. The van der Waals surface area contributed by atoms with E-state index in [4.69, 9.17) is 0 Å². The zero-order valence-electron chi connectivity index (χ0n) is 9.87. The molecule has 1 aromatic rings. The molecular weight excluding hydrogens is 366 g/mol. The van der Waals surface area contributed by atoms with Crippen molar-refractivity contribution in [3.63, 3.8) is 0 Å². The molecule has 0 bridgehead atoms. The van der Waals surface area contributed by atoms with E-state index in [1.807, 2.05) is 11.0 Å². The molecule has 1 fully saturated rings.